The van der Waals surface area contributed by atoms with Crippen LogP contribution in [0, 0.1) is 20.2 Å². The van der Waals surface area contributed by atoms with Crippen molar-refractivity contribution in [3.05, 3.63) is 122 Å². The van der Waals surface area contributed by atoms with Gasteiger partial charge in [-0.1, -0.05) is 18.2 Å². The summed E-state index contributed by atoms with van der Waals surface area (Å²) in [5, 5.41) is 62.5. The lowest BCUT2D eigenvalue weighted by atomic mass is 10.1. The number of pyridine rings is 1. The normalized spacial score (nSPS) is 11.5. The molecular formula is C31H29N5O12S. The quantitative estimate of drug-likeness (QED) is 0.0968. The first-order valence-electron chi connectivity index (χ1n) is 14.2. The van der Waals surface area contributed by atoms with Crippen molar-refractivity contribution in [1.82, 2.24) is 14.8 Å². The SMILES string of the molecule is O=C(O)CN(Cc1cc(S(=O)(=O)c2ccccc2)cc(CN(CC(=O)O)Cc2cc([N+](=O)[O-])ccc2O)n1)Cc1cc([N+](=O)[O-])ccc1O. The number of non-ortho nitro benzene ring substituents is 2. The molecule has 0 saturated heterocycles. The van der Waals surface area contributed by atoms with E-state index in [0.717, 1.165) is 36.4 Å². The number of sulfone groups is 1. The van der Waals surface area contributed by atoms with Gasteiger partial charge in [0.2, 0.25) is 9.84 Å². The summed E-state index contributed by atoms with van der Waals surface area (Å²) in [5.74, 6) is -3.29. The molecule has 0 fully saturated rings. The molecule has 4 N–H and O–H groups in total. The van der Waals surface area contributed by atoms with Gasteiger partial charge in [0.25, 0.3) is 11.4 Å². The number of nitrogens with zero attached hydrogens (tertiary/aromatic N) is 5. The average Bonchev–Trinajstić information content (AvgIpc) is 3.02. The van der Waals surface area contributed by atoms with E-state index in [1.807, 2.05) is 0 Å². The van der Waals surface area contributed by atoms with Crippen LogP contribution in [0.25, 0.3) is 0 Å². The highest BCUT2D eigenvalue weighted by atomic mass is 32.2. The Labute approximate surface area is 278 Å². The van der Waals surface area contributed by atoms with Crippen molar-refractivity contribution in [2.45, 2.75) is 36.0 Å². The zero-order valence-electron chi connectivity index (χ0n) is 25.4. The summed E-state index contributed by atoms with van der Waals surface area (Å²) >= 11 is 0. The molecule has 17 nitrogen and oxygen atoms in total. The predicted octanol–water partition coefficient (Wildman–Crippen LogP) is 3.32. The summed E-state index contributed by atoms with van der Waals surface area (Å²) in [6, 6.07) is 16.2. The van der Waals surface area contributed by atoms with Crippen LogP contribution in [0.5, 0.6) is 11.5 Å². The van der Waals surface area contributed by atoms with E-state index in [4.69, 9.17) is 0 Å². The Bertz CT molecular complexity index is 1900. The largest absolute Gasteiger partial charge is 0.508 e. The molecule has 1 aromatic heterocycles. The number of rotatable bonds is 16. The van der Waals surface area contributed by atoms with Gasteiger partial charge in [0, 0.05) is 61.6 Å². The molecule has 0 amide bonds. The van der Waals surface area contributed by atoms with E-state index in [1.165, 1.54) is 46.2 Å². The molecule has 0 spiro atoms. The molecule has 0 aliphatic heterocycles. The molecule has 0 bridgehead atoms. The second-order valence-electron chi connectivity index (χ2n) is 10.8. The maximum Gasteiger partial charge on any atom is 0.317 e. The van der Waals surface area contributed by atoms with E-state index >= 15 is 0 Å². The van der Waals surface area contributed by atoms with Crippen LogP contribution in [0.2, 0.25) is 0 Å². The molecule has 1 heterocycles. The maximum absolute atomic E-state index is 13.7. The Balaban J connectivity index is 1.77. The molecule has 0 unspecified atom stereocenters. The highest BCUT2D eigenvalue weighted by Gasteiger charge is 2.24. The summed E-state index contributed by atoms with van der Waals surface area (Å²) in [6.07, 6.45) is 0. The number of benzene rings is 3. The average molecular weight is 696 g/mol. The van der Waals surface area contributed by atoms with Crippen molar-refractivity contribution >= 4 is 33.2 Å². The van der Waals surface area contributed by atoms with E-state index in [1.54, 1.807) is 6.07 Å². The van der Waals surface area contributed by atoms with Crippen molar-refractivity contribution in [1.29, 1.82) is 0 Å². The van der Waals surface area contributed by atoms with Gasteiger partial charge in [-0.25, -0.2) is 8.42 Å². The van der Waals surface area contributed by atoms with Gasteiger partial charge in [-0.05, 0) is 36.4 Å². The van der Waals surface area contributed by atoms with Crippen molar-refractivity contribution in [2.75, 3.05) is 13.1 Å². The molecule has 0 radical (unpaired) electrons. The third-order valence-corrected chi connectivity index (χ3v) is 8.84. The van der Waals surface area contributed by atoms with Gasteiger partial charge in [-0.15, -0.1) is 0 Å². The highest BCUT2D eigenvalue weighted by Crippen LogP contribution is 2.28. The molecule has 256 valence electrons. The Kier molecular flexibility index (Phi) is 11.2. The van der Waals surface area contributed by atoms with Gasteiger partial charge in [0.15, 0.2) is 0 Å². The van der Waals surface area contributed by atoms with Crippen molar-refractivity contribution < 1.29 is 48.3 Å². The fourth-order valence-electron chi connectivity index (χ4n) is 4.95. The van der Waals surface area contributed by atoms with Crippen LogP contribution in [0.1, 0.15) is 22.5 Å². The van der Waals surface area contributed by atoms with Gasteiger partial charge in [-0.3, -0.25) is 44.6 Å². The fourth-order valence-corrected chi connectivity index (χ4v) is 6.32. The number of aromatic hydroxyl groups is 2. The minimum Gasteiger partial charge on any atom is -0.508 e. The minimum atomic E-state index is -4.20. The van der Waals surface area contributed by atoms with E-state index < -0.39 is 44.7 Å². The summed E-state index contributed by atoms with van der Waals surface area (Å²) in [6.45, 7) is -2.58. The number of phenolic OH excluding ortho intramolecular Hbond substituents is 2. The number of aromatic nitrogens is 1. The van der Waals surface area contributed by atoms with Crippen LogP contribution in [-0.2, 0) is 45.6 Å². The lowest BCUT2D eigenvalue weighted by Gasteiger charge is -2.23. The minimum absolute atomic E-state index is 0.0200. The van der Waals surface area contributed by atoms with Crippen molar-refractivity contribution in [3.63, 3.8) is 0 Å². The van der Waals surface area contributed by atoms with E-state index in [-0.39, 0.29) is 81.4 Å². The smallest absolute Gasteiger partial charge is 0.317 e. The summed E-state index contributed by atoms with van der Waals surface area (Å²) in [5.41, 5.74) is -0.625. The molecule has 0 aliphatic carbocycles. The number of carboxylic acid groups (broad SMARTS) is 2. The number of hydrogen-bond acceptors (Lipinski definition) is 13. The molecule has 18 heteroatoms. The Morgan fingerprint density at radius 1 is 0.653 bits per heavy atom. The van der Waals surface area contributed by atoms with Gasteiger partial charge >= 0.3 is 11.9 Å². The van der Waals surface area contributed by atoms with Crippen LogP contribution in [-0.4, -0.2) is 78.5 Å². The maximum atomic E-state index is 13.7. The van der Waals surface area contributed by atoms with Crippen molar-refractivity contribution in [3.8, 4) is 11.5 Å². The lowest BCUT2D eigenvalue weighted by molar-refractivity contribution is -0.385. The van der Waals surface area contributed by atoms with Crippen LogP contribution in [0.4, 0.5) is 11.4 Å². The standard InChI is InChI=1S/C31H29N5O12S/c37-28-8-6-24(35(43)44)10-20(28)14-33(18-30(39)40)16-22-12-27(49(47,48)26-4-2-1-3-5-26)13-23(32-22)17-34(19-31(41)42)15-21-11-25(36(45)46)7-9-29(21)38/h1-13,37-38H,14-19H2,(H,39,40)(H,41,42). The second-order valence-corrected chi connectivity index (χ2v) is 12.8. The molecule has 0 saturated carbocycles. The van der Waals surface area contributed by atoms with Gasteiger partial charge in [-0.2, -0.15) is 0 Å². The molecule has 3 aromatic carbocycles. The third-order valence-electron chi connectivity index (χ3n) is 7.09. The molecular weight excluding hydrogens is 666 g/mol. The van der Waals surface area contributed by atoms with Crippen LogP contribution in [0.15, 0.2) is 88.7 Å². The number of nitro groups is 2. The van der Waals surface area contributed by atoms with Gasteiger partial charge < -0.3 is 20.4 Å². The Morgan fingerprint density at radius 3 is 1.47 bits per heavy atom. The first-order chi connectivity index (χ1) is 23.1. The fraction of sp³-hybridized carbons (Fsp3) is 0.194. The Hall–Kier alpha value is -5.98. The first kappa shape index (κ1) is 35.9. The highest BCUT2D eigenvalue weighted by molar-refractivity contribution is 7.91. The van der Waals surface area contributed by atoms with Crippen LogP contribution >= 0.6 is 0 Å². The van der Waals surface area contributed by atoms with Crippen LogP contribution in [0.3, 0.4) is 0 Å². The van der Waals surface area contributed by atoms with E-state index in [2.05, 4.69) is 4.98 Å². The topological polar surface area (TPSA) is 255 Å². The second kappa shape index (κ2) is 15.3. The summed E-state index contributed by atoms with van der Waals surface area (Å²) in [4.78, 5) is 51.5. The number of carbonyl (C=O) groups is 2. The lowest BCUT2D eigenvalue weighted by Crippen LogP contribution is -2.31. The number of aliphatic carboxylic acids is 2. The van der Waals surface area contributed by atoms with Crippen molar-refractivity contribution in [2.24, 2.45) is 0 Å². The molecule has 4 aromatic rings. The molecule has 49 heavy (non-hydrogen) atoms. The monoisotopic (exact) mass is 695 g/mol. The number of hydrogen-bond donors (Lipinski definition) is 4. The number of nitro benzene ring substituents is 2. The van der Waals surface area contributed by atoms with Crippen LogP contribution < -0.4 is 0 Å². The number of carboxylic acids is 2. The van der Waals surface area contributed by atoms with Gasteiger partial charge in [0.05, 0.1) is 44.1 Å². The summed E-state index contributed by atoms with van der Waals surface area (Å²) in [7, 11) is -4.20. The number of phenols is 2. The Morgan fingerprint density at radius 2 is 1.08 bits per heavy atom. The predicted molar refractivity (Wildman–Crippen MR) is 169 cm³/mol. The van der Waals surface area contributed by atoms with E-state index in [9.17, 15) is 58.7 Å². The molecule has 0 atom stereocenters. The molecule has 0 aliphatic rings. The zero-order chi connectivity index (χ0) is 35.9. The first-order valence-corrected chi connectivity index (χ1v) is 15.7. The van der Waals surface area contributed by atoms with Gasteiger partial charge in [0.1, 0.15) is 11.5 Å². The third kappa shape index (κ3) is 9.53. The van der Waals surface area contributed by atoms with E-state index in [0.29, 0.717) is 0 Å². The zero-order valence-corrected chi connectivity index (χ0v) is 26.3. The summed E-state index contributed by atoms with van der Waals surface area (Å²) < 4.78 is 27.4. The molecule has 4 rings (SSSR count).